The largest absolute Gasteiger partial charge is 0.466 e. The Morgan fingerprint density at radius 2 is 2.03 bits per heavy atom. The summed E-state index contributed by atoms with van der Waals surface area (Å²) >= 11 is 0. The van der Waals surface area contributed by atoms with Gasteiger partial charge in [0.15, 0.2) is 12.9 Å². The number of halogens is 1. The van der Waals surface area contributed by atoms with E-state index in [2.05, 4.69) is 20.6 Å². The summed E-state index contributed by atoms with van der Waals surface area (Å²) < 4.78 is 33.3. The lowest BCUT2D eigenvalue weighted by molar-refractivity contribution is -0.194. The van der Waals surface area contributed by atoms with Crippen molar-refractivity contribution in [1.82, 2.24) is 19.9 Å². The standard InChI is InChI=1S/C23H22FN5O5/c24-15-7-26-16-1-2-19(31)29-8-13(21(15)22(16)29)4-20-32-9-14(10-33-20)25-5-12-3-17-23(27-6-12)34-11-18(30)28-17/h1-3,6-7,13-14,20,25H,4-5,8-11H2,(H,28,30). The van der Waals surface area contributed by atoms with Gasteiger partial charge in [0.2, 0.25) is 5.88 Å². The van der Waals surface area contributed by atoms with E-state index in [0.29, 0.717) is 60.9 Å². The van der Waals surface area contributed by atoms with E-state index < -0.39 is 12.1 Å². The van der Waals surface area contributed by atoms with E-state index in [1.54, 1.807) is 16.8 Å². The van der Waals surface area contributed by atoms with Crippen LogP contribution >= 0.6 is 0 Å². The van der Waals surface area contributed by atoms with Gasteiger partial charge in [-0.25, -0.2) is 9.37 Å². The first-order chi connectivity index (χ1) is 16.5. The lowest BCUT2D eigenvalue weighted by Crippen LogP contribution is -2.44. The number of ether oxygens (including phenoxy) is 3. The van der Waals surface area contributed by atoms with Gasteiger partial charge in [0, 0.05) is 43.3 Å². The van der Waals surface area contributed by atoms with E-state index in [1.165, 1.54) is 12.3 Å². The van der Waals surface area contributed by atoms with E-state index in [1.807, 2.05) is 6.07 Å². The molecule has 0 spiro atoms. The molecule has 3 aliphatic rings. The van der Waals surface area contributed by atoms with Crippen LogP contribution in [0.2, 0.25) is 0 Å². The average Bonchev–Trinajstić information content (AvgIpc) is 3.23. The summed E-state index contributed by atoms with van der Waals surface area (Å²) in [5.74, 6) is -0.434. The highest BCUT2D eigenvalue weighted by atomic mass is 19.1. The van der Waals surface area contributed by atoms with Crippen molar-refractivity contribution in [2.75, 3.05) is 25.1 Å². The normalized spacial score (nSPS) is 23.4. The van der Waals surface area contributed by atoms with Crippen LogP contribution in [0.25, 0.3) is 11.0 Å². The summed E-state index contributed by atoms with van der Waals surface area (Å²) in [7, 11) is 0. The van der Waals surface area contributed by atoms with E-state index in [-0.39, 0.29) is 30.0 Å². The zero-order valence-corrected chi connectivity index (χ0v) is 18.1. The molecule has 0 radical (unpaired) electrons. The number of rotatable bonds is 5. The van der Waals surface area contributed by atoms with Crippen molar-refractivity contribution in [1.29, 1.82) is 0 Å². The number of hydrogen-bond acceptors (Lipinski definition) is 8. The molecule has 1 atom stereocenters. The smallest absolute Gasteiger partial charge is 0.262 e. The zero-order chi connectivity index (χ0) is 23.2. The van der Waals surface area contributed by atoms with Gasteiger partial charge in [-0.15, -0.1) is 0 Å². The second-order valence-electron chi connectivity index (χ2n) is 8.68. The lowest BCUT2D eigenvalue weighted by Gasteiger charge is -2.31. The summed E-state index contributed by atoms with van der Waals surface area (Å²) in [5, 5.41) is 6.10. The summed E-state index contributed by atoms with van der Waals surface area (Å²) in [5.41, 5.74) is 2.95. The first kappa shape index (κ1) is 21.1. The molecular formula is C23H22FN5O5. The number of fused-ring (bicyclic) bond motifs is 1. The first-order valence-electron chi connectivity index (χ1n) is 11.1. The van der Waals surface area contributed by atoms with E-state index in [0.717, 1.165) is 5.56 Å². The minimum absolute atomic E-state index is 0.0299. The van der Waals surface area contributed by atoms with Gasteiger partial charge in [-0.1, -0.05) is 0 Å². The third-order valence-electron chi connectivity index (χ3n) is 6.36. The number of carbonyl (C=O) groups excluding carboxylic acids is 1. The third-order valence-corrected chi connectivity index (χ3v) is 6.36. The number of hydrogen-bond donors (Lipinski definition) is 2. The maximum Gasteiger partial charge on any atom is 0.262 e. The third kappa shape index (κ3) is 3.81. The molecule has 1 saturated heterocycles. The van der Waals surface area contributed by atoms with Gasteiger partial charge in [-0.2, -0.15) is 0 Å². The van der Waals surface area contributed by atoms with Gasteiger partial charge >= 0.3 is 0 Å². The molecule has 6 rings (SSSR count). The molecule has 0 aliphatic carbocycles. The number of nitrogens with zero attached hydrogens (tertiary/aromatic N) is 3. The molecule has 11 heteroatoms. The first-order valence-corrected chi connectivity index (χ1v) is 11.1. The Kier molecular flexibility index (Phi) is 5.24. The second-order valence-corrected chi connectivity index (χ2v) is 8.68. The molecule has 2 N–H and O–H groups in total. The molecule has 1 amide bonds. The monoisotopic (exact) mass is 467 g/mol. The summed E-state index contributed by atoms with van der Waals surface area (Å²) in [6.07, 6.45) is 2.85. The maximum atomic E-state index is 14.6. The highest BCUT2D eigenvalue weighted by Gasteiger charge is 2.33. The van der Waals surface area contributed by atoms with Crippen LogP contribution in [0.4, 0.5) is 10.1 Å². The zero-order valence-electron chi connectivity index (χ0n) is 18.1. The van der Waals surface area contributed by atoms with Gasteiger partial charge < -0.3 is 29.4 Å². The Labute approximate surface area is 193 Å². The highest BCUT2D eigenvalue weighted by molar-refractivity contribution is 5.94. The fraction of sp³-hybridized carbons (Fsp3) is 0.391. The fourth-order valence-electron chi connectivity index (χ4n) is 4.75. The van der Waals surface area contributed by atoms with Crippen molar-refractivity contribution < 1.29 is 23.4 Å². The van der Waals surface area contributed by atoms with Crippen LogP contribution in [0.15, 0.2) is 35.4 Å². The van der Waals surface area contributed by atoms with Gasteiger partial charge in [0.25, 0.3) is 11.5 Å². The van der Waals surface area contributed by atoms with Gasteiger partial charge in [-0.3, -0.25) is 14.6 Å². The highest BCUT2D eigenvalue weighted by Crippen LogP contribution is 2.37. The number of aromatic nitrogens is 3. The number of nitrogens with one attached hydrogen (secondary N) is 2. The van der Waals surface area contributed by atoms with Crippen molar-refractivity contribution >= 4 is 22.6 Å². The van der Waals surface area contributed by atoms with Crippen LogP contribution in [0.1, 0.15) is 23.5 Å². The summed E-state index contributed by atoms with van der Waals surface area (Å²) in [6, 6.07) is 4.87. The molecular weight excluding hydrogens is 445 g/mol. The molecule has 10 nitrogen and oxygen atoms in total. The molecule has 1 fully saturated rings. The van der Waals surface area contributed by atoms with Crippen molar-refractivity contribution in [3.63, 3.8) is 0 Å². The number of pyridine rings is 3. The average molecular weight is 467 g/mol. The fourth-order valence-corrected chi connectivity index (χ4v) is 4.75. The lowest BCUT2D eigenvalue weighted by atomic mass is 9.97. The predicted octanol–water partition coefficient (Wildman–Crippen LogP) is 1.28. The number of amides is 1. The van der Waals surface area contributed by atoms with Crippen molar-refractivity contribution in [2.45, 2.75) is 37.8 Å². The van der Waals surface area contributed by atoms with E-state index in [4.69, 9.17) is 14.2 Å². The van der Waals surface area contributed by atoms with Crippen LogP contribution in [-0.2, 0) is 27.4 Å². The van der Waals surface area contributed by atoms with Crippen LogP contribution in [0, 0.1) is 5.82 Å². The molecule has 1 unspecified atom stereocenters. The Morgan fingerprint density at radius 1 is 1.18 bits per heavy atom. The molecule has 0 aromatic carbocycles. The number of anilines is 1. The Bertz CT molecular complexity index is 1340. The van der Waals surface area contributed by atoms with Crippen molar-refractivity contribution in [3.05, 3.63) is 57.9 Å². The minimum atomic E-state index is -0.492. The van der Waals surface area contributed by atoms with Crippen LogP contribution in [-0.4, -0.2) is 52.6 Å². The molecule has 6 heterocycles. The van der Waals surface area contributed by atoms with Gasteiger partial charge in [-0.05, 0) is 17.7 Å². The van der Waals surface area contributed by atoms with E-state index in [9.17, 15) is 14.0 Å². The molecule has 3 aliphatic heterocycles. The number of carbonyl (C=O) groups is 1. The van der Waals surface area contributed by atoms with Gasteiger partial charge in [0.1, 0.15) is 11.5 Å². The van der Waals surface area contributed by atoms with E-state index >= 15 is 0 Å². The Hall–Kier alpha value is -3.41. The van der Waals surface area contributed by atoms with Gasteiger partial charge in [0.05, 0.1) is 36.5 Å². The minimum Gasteiger partial charge on any atom is -0.466 e. The molecule has 176 valence electrons. The van der Waals surface area contributed by atoms with Crippen LogP contribution in [0.3, 0.4) is 0 Å². The van der Waals surface area contributed by atoms with Crippen molar-refractivity contribution in [2.24, 2.45) is 0 Å². The maximum absolute atomic E-state index is 14.6. The summed E-state index contributed by atoms with van der Waals surface area (Å²) in [6.45, 7) is 1.72. The molecule has 3 aromatic heterocycles. The second kappa shape index (κ2) is 8.42. The topological polar surface area (TPSA) is 117 Å². The Morgan fingerprint density at radius 3 is 2.88 bits per heavy atom. The molecule has 0 saturated carbocycles. The van der Waals surface area contributed by atoms with Crippen LogP contribution < -0.4 is 20.9 Å². The van der Waals surface area contributed by atoms with Crippen LogP contribution in [0.5, 0.6) is 5.88 Å². The SMILES string of the molecule is O=C1COc2ncc(CNC3COC(CC4Cn5c(=O)ccc6ncc(F)c4c65)OC3)cc2N1. The molecule has 34 heavy (non-hydrogen) atoms. The molecule has 3 aromatic rings. The van der Waals surface area contributed by atoms with Crippen molar-refractivity contribution in [3.8, 4) is 5.88 Å². The predicted molar refractivity (Wildman–Crippen MR) is 118 cm³/mol. The summed E-state index contributed by atoms with van der Waals surface area (Å²) in [4.78, 5) is 32.1. The molecule has 0 bridgehead atoms. The quantitative estimate of drug-likeness (QED) is 0.577. The Balaban J connectivity index is 1.06.